The molecule has 2 heterocycles. The van der Waals surface area contributed by atoms with Crippen molar-refractivity contribution < 1.29 is 13.2 Å². The lowest BCUT2D eigenvalue weighted by atomic mass is 9.98. The van der Waals surface area contributed by atoms with E-state index in [4.69, 9.17) is 0 Å². The van der Waals surface area contributed by atoms with Gasteiger partial charge in [0, 0.05) is 12.5 Å². The summed E-state index contributed by atoms with van der Waals surface area (Å²) in [6.45, 7) is 1.85. The normalized spacial score (nSPS) is 26.0. The number of rotatable bonds is 3. The van der Waals surface area contributed by atoms with E-state index in [0.29, 0.717) is 25.2 Å². The van der Waals surface area contributed by atoms with Crippen molar-refractivity contribution in [3.63, 3.8) is 0 Å². The Morgan fingerprint density at radius 1 is 1.25 bits per heavy atom. The highest BCUT2D eigenvalue weighted by atomic mass is 32.2. The monoisotopic (exact) mass is 246 g/mol. The molecule has 0 radical (unpaired) electrons. The van der Waals surface area contributed by atoms with Crippen molar-refractivity contribution in [2.45, 2.75) is 25.3 Å². The molecule has 2 aliphatic heterocycles. The van der Waals surface area contributed by atoms with Gasteiger partial charge in [0.25, 0.3) is 0 Å². The van der Waals surface area contributed by atoms with Crippen LogP contribution < -0.4 is 10.6 Å². The van der Waals surface area contributed by atoms with Gasteiger partial charge in [0.15, 0.2) is 0 Å². The van der Waals surface area contributed by atoms with Crippen LogP contribution in [-0.4, -0.2) is 45.0 Å². The van der Waals surface area contributed by atoms with E-state index in [1.165, 1.54) is 0 Å². The molecule has 2 N–H and O–H groups in total. The summed E-state index contributed by atoms with van der Waals surface area (Å²) in [5.41, 5.74) is 0. The molecular formula is C10H18N2O3S. The average Bonchev–Trinajstić information content (AvgIpc) is 2.15. The van der Waals surface area contributed by atoms with E-state index in [9.17, 15) is 13.2 Å². The minimum Gasteiger partial charge on any atom is -0.353 e. The summed E-state index contributed by atoms with van der Waals surface area (Å²) in [6, 6.07) is 0.0593. The standard InChI is InChI=1S/C10H18N2O3S/c13-10(5-8-6-11-7-8)12-9-1-3-16(14,15)4-2-9/h8-9,11H,1-7H2,(H,12,13). The molecule has 0 bridgehead atoms. The van der Waals surface area contributed by atoms with Crippen molar-refractivity contribution in [2.75, 3.05) is 24.6 Å². The van der Waals surface area contributed by atoms with E-state index < -0.39 is 9.84 Å². The Kier molecular flexibility index (Phi) is 3.49. The molecule has 0 aromatic rings. The van der Waals surface area contributed by atoms with Crippen LogP contribution >= 0.6 is 0 Å². The van der Waals surface area contributed by atoms with Gasteiger partial charge in [-0.1, -0.05) is 0 Å². The van der Waals surface area contributed by atoms with Crippen LogP contribution in [0.15, 0.2) is 0 Å². The number of carbonyl (C=O) groups is 1. The number of carbonyl (C=O) groups excluding carboxylic acids is 1. The van der Waals surface area contributed by atoms with Crippen molar-refractivity contribution in [1.29, 1.82) is 0 Å². The van der Waals surface area contributed by atoms with Crippen molar-refractivity contribution in [2.24, 2.45) is 5.92 Å². The molecule has 16 heavy (non-hydrogen) atoms. The van der Waals surface area contributed by atoms with Gasteiger partial charge >= 0.3 is 0 Å². The van der Waals surface area contributed by atoms with Crippen LogP contribution in [-0.2, 0) is 14.6 Å². The number of hydrogen-bond donors (Lipinski definition) is 2. The molecule has 2 rings (SSSR count). The predicted octanol–water partition coefficient (Wildman–Crippen LogP) is -0.711. The zero-order valence-corrected chi connectivity index (χ0v) is 10.1. The lowest BCUT2D eigenvalue weighted by molar-refractivity contribution is -0.123. The molecule has 6 heteroatoms. The van der Waals surface area contributed by atoms with E-state index in [0.717, 1.165) is 13.1 Å². The fourth-order valence-corrected chi connectivity index (χ4v) is 3.57. The lowest BCUT2D eigenvalue weighted by Gasteiger charge is -2.28. The van der Waals surface area contributed by atoms with E-state index in [1.807, 2.05) is 0 Å². The summed E-state index contributed by atoms with van der Waals surface area (Å²) in [6.07, 6.45) is 1.70. The molecule has 92 valence electrons. The lowest BCUT2D eigenvalue weighted by Crippen LogP contribution is -2.47. The van der Waals surface area contributed by atoms with E-state index in [2.05, 4.69) is 10.6 Å². The highest BCUT2D eigenvalue weighted by Gasteiger charge is 2.26. The first-order chi connectivity index (χ1) is 7.55. The predicted molar refractivity (Wildman–Crippen MR) is 60.8 cm³/mol. The van der Waals surface area contributed by atoms with Gasteiger partial charge in [-0.3, -0.25) is 4.79 Å². The molecule has 0 aromatic heterocycles. The zero-order valence-electron chi connectivity index (χ0n) is 9.24. The topological polar surface area (TPSA) is 75.3 Å². The maximum absolute atomic E-state index is 11.6. The maximum atomic E-state index is 11.6. The second-order valence-corrected chi connectivity index (χ2v) is 7.03. The van der Waals surface area contributed by atoms with Gasteiger partial charge in [0.1, 0.15) is 9.84 Å². The van der Waals surface area contributed by atoms with Gasteiger partial charge < -0.3 is 10.6 Å². The summed E-state index contributed by atoms with van der Waals surface area (Å²) < 4.78 is 22.4. The van der Waals surface area contributed by atoms with Crippen LogP contribution in [0.25, 0.3) is 0 Å². The third-order valence-corrected chi connectivity index (χ3v) is 4.98. The Labute approximate surface area is 95.9 Å². The number of nitrogens with one attached hydrogen (secondary N) is 2. The third-order valence-electron chi connectivity index (χ3n) is 3.26. The maximum Gasteiger partial charge on any atom is 0.220 e. The fraction of sp³-hybridized carbons (Fsp3) is 0.900. The summed E-state index contributed by atoms with van der Waals surface area (Å²) in [4.78, 5) is 11.6. The SMILES string of the molecule is O=C(CC1CNC1)NC1CCS(=O)(=O)CC1. The molecular weight excluding hydrogens is 228 g/mol. The highest BCUT2D eigenvalue weighted by Crippen LogP contribution is 2.13. The van der Waals surface area contributed by atoms with Crippen molar-refractivity contribution >= 4 is 15.7 Å². The number of sulfone groups is 1. The summed E-state index contributed by atoms with van der Waals surface area (Å²) >= 11 is 0. The van der Waals surface area contributed by atoms with Gasteiger partial charge in [0.2, 0.25) is 5.91 Å². The molecule has 0 unspecified atom stereocenters. The third kappa shape index (κ3) is 3.18. The summed E-state index contributed by atoms with van der Waals surface area (Å²) in [7, 11) is -2.83. The first kappa shape index (κ1) is 11.9. The zero-order chi connectivity index (χ0) is 11.6. The van der Waals surface area contributed by atoms with Gasteiger partial charge in [-0.25, -0.2) is 8.42 Å². The second-order valence-electron chi connectivity index (χ2n) is 4.72. The Morgan fingerprint density at radius 3 is 2.38 bits per heavy atom. The first-order valence-electron chi connectivity index (χ1n) is 5.76. The summed E-state index contributed by atoms with van der Waals surface area (Å²) in [5.74, 6) is 0.953. The molecule has 0 saturated carbocycles. The van der Waals surface area contributed by atoms with E-state index in [1.54, 1.807) is 0 Å². The molecule has 5 nitrogen and oxygen atoms in total. The Balaban J connectivity index is 1.71. The largest absolute Gasteiger partial charge is 0.353 e. The van der Waals surface area contributed by atoms with Crippen LogP contribution in [0, 0.1) is 5.92 Å². The number of hydrogen-bond acceptors (Lipinski definition) is 4. The Hall–Kier alpha value is -0.620. The molecule has 2 fully saturated rings. The second kappa shape index (κ2) is 4.71. The quantitative estimate of drug-likeness (QED) is 0.690. The Bertz CT molecular complexity index is 348. The first-order valence-corrected chi connectivity index (χ1v) is 7.58. The Morgan fingerprint density at radius 2 is 1.88 bits per heavy atom. The molecule has 2 saturated heterocycles. The van der Waals surface area contributed by atoms with Gasteiger partial charge in [-0.15, -0.1) is 0 Å². The minimum absolute atomic E-state index is 0.0593. The van der Waals surface area contributed by atoms with E-state index >= 15 is 0 Å². The summed E-state index contributed by atoms with van der Waals surface area (Å²) in [5, 5.41) is 6.05. The van der Waals surface area contributed by atoms with Crippen LogP contribution in [0.4, 0.5) is 0 Å². The molecule has 0 spiro atoms. The van der Waals surface area contributed by atoms with Crippen molar-refractivity contribution in [3.05, 3.63) is 0 Å². The molecule has 0 aliphatic carbocycles. The smallest absolute Gasteiger partial charge is 0.220 e. The number of amides is 1. The highest BCUT2D eigenvalue weighted by molar-refractivity contribution is 7.91. The average molecular weight is 246 g/mol. The van der Waals surface area contributed by atoms with Gasteiger partial charge in [-0.2, -0.15) is 0 Å². The molecule has 1 amide bonds. The van der Waals surface area contributed by atoms with Crippen molar-refractivity contribution in [1.82, 2.24) is 10.6 Å². The van der Waals surface area contributed by atoms with Crippen LogP contribution in [0.3, 0.4) is 0 Å². The van der Waals surface area contributed by atoms with Gasteiger partial charge in [-0.05, 0) is 31.8 Å². The van der Waals surface area contributed by atoms with Crippen LogP contribution in [0.5, 0.6) is 0 Å². The van der Waals surface area contributed by atoms with E-state index in [-0.39, 0.29) is 23.5 Å². The molecule has 0 aromatic carbocycles. The van der Waals surface area contributed by atoms with Gasteiger partial charge in [0.05, 0.1) is 11.5 Å². The minimum atomic E-state index is -2.83. The van der Waals surface area contributed by atoms with Crippen molar-refractivity contribution in [3.8, 4) is 0 Å². The van der Waals surface area contributed by atoms with Crippen LogP contribution in [0.2, 0.25) is 0 Å². The molecule has 0 atom stereocenters. The fourth-order valence-electron chi connectivity index (χ4n) is 2.08. The van der Waals surface area contributed by atoms with Crippen LogP contribution in [0.1, 0.15) is 19.3 Å². The molecule has 2 aliphatic rings.